The van der Waals surface area contributed by atoms with E-state index in [-0.39, 0.29) is 0 Å². The van der Waals surface area contributed by atoms with Crippen LogP contribution in [0.5, 0.6) is 0 Å². The highest BCUT2D eigenvalue weighted by atomic mass is 15.5. The molecular weight excluding hydrogens is 725 g/mol. The van der Waals surface area contributed by atoms with Gasteiger partial charge in [-0.3, -0.25) is 9.97 Å². The number of rotatable bonds is 6. The molecule has 58 heavy (non-hydrogen) atoms. The number of hydrogen-bond acceptors (Lipinski definition) is 10. The fraction of sp³-hybridized carbons (Fsp3) is 0. The summed E-state index contributed by atoms with van der Waals surface area (Å²) in [7, 11) is 0. The fourth-order valence-electron chi connectivity index (χ4n) is 7.61. The summed E-state index contributed by atoms with van der Waals surface area (Å²) < 4.78 is 0. The van der Waals surface area contributed by atoms with E-state index in [1.807, 2.05) is 48.5 Å². The van der Waals surface area contributed by atoms with Crippen molar-refractivity contribution in [3.63, 3.8) is 0 Å². The van der Waals surface area contributed by atoms with Gasteiger partial charge in [-0.15, -0.1) is 10.2 Å². The Morgan fingerprint density at radius 1 is 0.328 bits per heavy atom. The number of fused-ring (bicyclic) bond motifs is 8. The molecule has 8 bridgehead atoms. The second-order valence-electron chi connectivity index (χ2n) is 13.6. The number of nitrogens with zero attached hydrogens (tertiary/aromatic N) is 10. The lowest BCUT2D eigenvalue weighted by Crippen LogP contribution is -1.90. The van der Waals surface area contributed by atoms with E-state index >= 15 is 0 Å². The zero-order valence-corrected chi connectivity index (χ0v) is 30.3. The van der Waals surface area contributed by atoms with E-state index in [1.54, 1.807) is 24.8 Å². The predicted octanol–water partition coefficient (Wildman–Crippen LogP) is 8.47. The lowest BCUT2D eigenvalue weighted by molar-refractivity contribution is 0.881. The van der Waals surface area contributed by atoms with Gasteiger partial charge in [-0.25, -0.2) is 20.2 Å². The van der Waals surface area contributed by atoms with Crippen molar-refractivity contribution in [2.45, 2.75) is 0 Å². The highest BCUT2D eigenvalue weighted by Gasteiger charge is 2.19. The van der Waals surface area contributed by atoms with E-state index in [2.05, 4.69) is 134 Å². The quantitative estimate of drug-likeness (QED) is 0.128. The number of tetrazole rings is 2. The summed E-state index contributed by atoms with van der Waals surface area (Å²) in [5.74, 6) is 1.18. The first-order chi connectivity index (χ1) is 28.7. The van der Waals surface area contributed by atoms with Crippen LogP contribution in [0.1, 0.15) is 22.8 Å². The SMILES string of the molecule is C1=Cc2nc1c(-c1ccncc1)c1ccc([nH]1)c(-c1ccc(-c3nnn[nH]3)cc1)c1nc(c(-c3ccncc3)c3ccc([nH]3)c2-c2ccc(-c3nnn[nH]3)cc2)C=C1. The number of aromatic amines is 4. The molecule has 2 aliphatic heterocycles. The molecule has 274 valence electrons. The van der Waals surface area contributed by atoms with Crippen LogP contribution in [0.25, 0.3) is 114 Å². The van der Waals surface area contributed by atoms with E-state index in [1.165, 1.54) is 0 Å². The third-order valence-corrected chi connectivity index (χ3v) is 10.3. The van der Waals surface area contributed by atoms with Gasteiger partial charge in [-0.1, -0.05) is 48.5 Å². The van der Waals surface area contributed by atoms with Crippen LogP contribution >= 0.6 is 0 Å². The second-order valence-corrected chi connectivity index (χ2v) is 13.6. The maximum Gasteiger partial charge on any atom is 0.179 e. The Hall–Kier alpha value is -8.52. The van der Waals surface area contributed by atoms with Crippen LogP contribution in [-0.2, 0) is 0 Å². The normalized spacial score (nSPS) is 12.0. The predicted molar refractivity (Wildman–Crippen MR) is 223 cm³/mol. The molecule has 0 amide bonds. The lowest BCUT2D eigenvalue weighted by atomic mass is 10.0. The van der Waals surface area contributed by atoms with Crippen LogP contribution in [-0.4, -0.2) is 71.2 Å². The van der Waals surface area contributed by atoms with Crippen LogP contribution in [0.2, 0.25) is 0 Å². The minimum atomic E-state index is 0.590. The van der Waals surface area contributed by atoms with Gasteiger partial charge in [0.05, 0.1) is 22.8 Å². The average Bonchev–Trinajstić information content (AvgIpc) is 4.13. The molecule has 0 saturated carbocycles. The molecule has 11 rings (SSSR count). The number of hydrogen-bond donors (Lipinski definition) is 4. The summed E-state index contributed by atoms with van der Waals surface area (Å²) in [6.07, 6.45) is 15.5. The van der Waals surface area contributed by atoms with E-state index in [9.17, 15) is 0 Å². The largest absolute Gasteiger partial charge is 0.354 e. The van der Waals surface area contributed by atoms with Gasteiger partial charge in [-0.05, 0) is 116 Å². The van der Waals surface area contributed by atoms with Gasteiger partial charge < -0.3 is 9.97 Å². The van der Waals surface area contributed by atoms with Gasteiger partial charge in [0.25, 0.3) is 0 Å². The van der Waals surface area contributed by atoms with Crippen molar-refractivity contribution >= 4 is 46.4 Å². The van der Waals surface area contributed by atoms with E-state index in [4.69, 9.17) is 9.97 Å². The van der Waals surface area contributed by atoms with Crippen molar-refractivity contribution in [3.8, 4) is 67.3 Å². The van der Waals surface area contributed by atoms with Crippen molar-refractivity contribution in [1.29, 1.82) is 0 Å². The fourth-order valence-corrected chi connectivity index (χ4v) is 7.61. The van der Waals surface area contributed by atoms with Crippen LogP contribution in [0.3, 0.4) is 0 Å². The summed E-state index contributed by atoms with van der Waals surface area (Å²) in [4.78, 5) is 26.9. The van der Waals surface area contributed by atoms with Crippen LogP contribution < -0.4 is 0 Å². The van der Waals surface area contributed by atoms with Crippen molar-refractivity contribution in [3.05, 3.63) is 145 Å². The first kappa shape index (κ1) is 32.9. The molecule has 7 aromatic heterocycles. The van der Waals surface area contributed by atoms with Crippen molar-refractivity contribution in [2.24, 2.45) is 0 Å². The Labute approximate surface area is 328 Å². The molecule has 0 atom stereocenters. The maximum atomic E-state index is 5.37. The molecule has 14 nitrogen and oxygen atoms in total. The summed E-state index contributed by atoms with van der Waals surface area (Å²) in [6.45, 7) is 0. The molecule has 0 fully saturated rings. The van der Waals surface area contributed by atoms with Crippen LogP contribution in [0.4, 0.5) is 0 Å². The van der Waals surface area contributed by atoms with Gasteiger partial charge in [0.15, 0.2) is 11.6 Å². The third kappa shape index (κ3) is 5.76. The lowest BCUT2D eigenvalue weighted by Gasteiger charge is -2.07. The van der Waals surface area contributed by atoms with E-state index < -0.39 is 0 Å². The summed E-state index contributed by atoms with van der Waals surface area (Å²) >= 11 is 0. The molecule has 0 spiro atoms. The maximum absolute atomic E-state index is 5.37. The molecule has 2 aromatic carbocycles. The van der Waals surface area contributed by atoms with Crippen molar-refractivity contribution < 1.29 is 0 Å². The van der Waals surface area contributed by atoms with E-state index in [0.29, 0.717) is 11.6 Å². The zero-order valence-electron chi connectivity index (χ0n) is 30.3. The Morgan fingerprint density at radius 3 is 0.948 bits per heavy atom. The van der Waals surface area contributed by atoms with Crippen molar-refractivity contribution in [1.82, 2.24) is 71.2 Å². The Bertz CT molecular complexity index is 2960. The Kier molecular flexibility index (Phi) is 7.74. The zero-order chi connectivity index (χ0) is 38.4. The molecule has 0 aliphatic carbocycles. The third-order valence-electron chi connectivity index (χ3n) is 10.3. The monoisotopic (exact) mass is 752 g/mol. The molecule has 14 heteroatoms. The Morgan fingerprint density at radius 2 is 0.638 bits per heavy atom. The number of nitrogens with one attached hydrogen (secondary N) is 4. The minimum Gasteiger partial charge on any atom is -0.354 e. The highest BCUT2D eigenvalue weighted by Crippen LogP contribution is 2.38. The number of H-pyrrole nitrogens is 4. The first-order valence-electron chi connectivity index (χ1n) is 18.4. The number of pyridine rings is 2. The minimum absolute atomic E-state index is 0.590. The topological polar surface area (TPSA) is 192 Å². The van der Waals surface area contributed by atoms with Gasteiger partial charge >= 0.3 is 0 Å². The Balaban J connectivity index is 1.24. The average molecular weight is 753 g/mol. The molecule has 0 radical (unpaired) electrons. The summed E-state index contributed by atoms with van der Waals surface area (Å²) in [6, 6.07) is 32.7. The molecule has 9 aromatic rings. The molecule has 2 aliphatic rings. The first-order valence-corrected chi connectivity index (χ1v) is 18.4. The second kappa shape index (κ2) is 13.6. The molecule has 0 saturated heterocycles. The number of benzene rings is 2. The smallest absolute Gasteiger partial charge is 0.179 e. The molecule has 4 N–H and O–H groups in total. The molecule has 9 heterocycles. The van der Waals surface area contributed by atoms with E-state index in [0.717, 1.165) is 100 Å². The van der Waals surface area contributed by atoms with Gasteiger partial charge in [0.2, 0.25) is 0 Å². The summed E-state index contributed by atoms with van der Waals surface area (Å²) in [5, 5.41) is 28.9. The van der Waals surface area contributed by atoms with Crippen LogP contribution in [0.15, 0.2) is 122 Å². The van der Waals surface area contributed by atoms with Crippen molar-refractivity contribution in [2.75, 3.05) is 0 Å². The van der Waals surface area contributed by atoms with Gasteiger partial charge in [0, 0.05) is 80.2 Å². The highest BCUT2D eigenvalue weighted by molar-refractivity contribution is 6.00. The molecular formula is C44H28N14. The van der Waals surface area contributed by atoms with Crippen LogP contribution in [0, 0.1) is 0 Å². The molecule has 0 unspecified atom stereocenters. The summed E-state index contributed by atoms with van der Waals surface area (Å²) in [5.41, 5.74) is 16.1. The van der Waals surface area contributed by atoms with Gasteiger partial charge in [0.1, 0.15) is 0 Å². The van der Waals surface area contributed by atoms with Gasteiger partial charge in [-0.2, -0.15) is 0 Å². The standard InChI is InChI=1S/C44H28N14/c1-5-29(43-51-55-56-52-43)6-2-25(1)39-31-9-13-35(47-31)41(27-17-21-45-22-18-27)37-15-11-33(49-37)40(26-3-7-30(8-4-26)44-53-57-58-54-44)34-12-16-38(50-34)42(28-19-23-46-24-20-28)36-14-10-32(39)48-36/h1-24,47,50H,(H,51,52,55,56)(H,53,54,57,58). The number of aromatic nitrogens is 14.